The summed E-state index contributed by atoms with van der Waals surface area (Å²) in [5.74, 6) is -1.88. The molecule has 0 unspecified atom stereocenters. The summed E-state index contributed by atoms with van der Waals surface area (Å²) in [6, 6.07) is 0. The van der Waals surface area contributed by atoms with Crippen LogP contribution in [-0.2, 0) is 15.6 Å². The molecule has 0 amide bonds. The van der Waals surface area contributed by atoms with E-state index in [0.29, 0.717) is 0 Å². The lowest BCUT2D eigenvalue weighted by atomic mass is 10.2. The molecule has 0 bridgehead atoms. The minimum atomic E-state index is -3.32. The van der Waals surface area contributed by atoms with Crippen molar-refractivity contribution in [1.29, 1.82) is 0 Å². The van der Waals surface area contributed by atoms with Crippen LogP contribution in [0.5, 0.6) is 0 Å². The predicted octanol–water partition coefficient (Wildman–Crippen LogP) is -0.679. The first-order chi connectivity index (χ1) is 7.20. The number of H-pyrrole nitrogens is 1. The van der Waals surface area contributed by atoms with Gasteiger partial charge in [0.05, 0.1) is 5.69 Å². The Morgan fingerprint density at radius 2 is 2.06 bits per heavy atom. The van der Waals surface area contributed by atoms with Crippen LogP contribution in [0.2, 0.25) is 0 Å². The first-order valence-electron chi connectivity index (χ1n) is 4.21. The standard InChI is InChI=1S/C8H10N2O5S/c1-4-6(8(12)13)7(11)10-5(9-4)3-16(2,14)15/h3H2,1-2H3,(H,12,13)(H,9,10,11). The lowest BCUT2D eigenvalue weighted by Crippen LogP contribution is -2.23. The third-order valence-electron chi connectivity index (χ3n) is 1.76. The molecule has 8 heteroatoms. The summed E-state index contributed by atoms with van der Waals surface area (Å²) in [6.07, 6.45) is 0.993. The number of carbonyl (C=O) groups is 1. The second kappa shape index (κ2) is 4.05. The van der Waals surface area contributed by atoms with E-state index in [-0.39, 0.29) is 11.5 Å². The molecule has 2 N–H and O–H groups in total. The molecule has 0 radical (unpaired) electrons. The fraction of sp³-hybridized carbons (Fsp3) is 0.375. The fourth-order valence-electron chi connectivity index (χ4n) is 1.21. The third kappa shape index (κ3) is 2.89. The highest BCUT2D eigenvalue weighted by molar-refractivity contribution is 7.89. The van der Waals surface area contributed by atoms with Crippen LogP contribution in [0, 0.1) is 6.92 Å². The Labute approximate surface area is 91.1 Å². The number of nitrogens with one attached hydrogen (secondary N) is 1. The maximum Gasteiger partial charge on any atom is 0.343 e. The molecule has 0 atom stereocenters. The van der Waals surface area contributed by atoms with Gasteiger partial charge in [-0.05, 0) is 6.92 Å². The summed E-state index contributed by atoms with van der Waals surface area (Å²) < 4.78 is 21.9. The minimum absolute atomic E-state index is 0.00472. The van der Waals surface area contributed by atoms with E-state index < -0.39 is 32.7 Å². The smallest absolute Gasteiger partial charge is 0.343 e. The van der Waals surface area contributed by atoms with E-state index in [4.69, 9.17) is 5.11 Å². The van der Waals surface area contributed by atoms with Crippen LogP contribution >= 0.6 is 0 Å². The summed E-state index contributed by atoms with van der Waals surface area (Å²) in [5.41, 5.74) is -1.33. The average molecular weight is 246 g/mol. The lowest BCUT2D eigenvalue weighted by molar-refractivity contribution is 0.0693. The van der Waals surface area contributed by atoms with Gasteiger partial charge >= 0.3 is 5.97 Å². The quantitative estimate of drug-likeness (QED) is 0.729. The van der Waals surface area contributed by atoms with Crippen molar-refractivity contribution in [3.8, 4) is 0 Å². The molecule has 0 aromatic carbocycles. The molecule has 1 rings (SSSR count). The van der Waals surface area contributed by atoms with Gasteiger partial charge in [0, 0.05) is 6.26 Å². The van der Waals surface area contributed by atoms with Gasteiger partial charge in [-0.25, -0.2) is 18.2 Å². The maximum absolute atomic E-state index is 11.3. The zero-order valence-corrected chi connectivity index (χ0v) is 9.46. The Kier molecular flexibility index (Phi) is 3.13. The summed E-state index contributed by atoms with van der Waals surface area (Å²) in [6.45, 7) is 1.34. The molecule has 0 aliphatic heterocycles. The van der Waals surface area contributed by atoms with E-state index in [1.165, 1.54) is 6.92 Å². The van der Waals surface area contributed by atoms with Gasteiger partial charge in [0.15, 0.2) is 9.84 Å². The van der Waals surface area contributed by atoms with E-state index >= 15 is 0 Å². The molecular weight excluding hydrogens is 236 g/mol. The van der Waals surface area contributed by atoms with Crippen molar-refractivity contribution in [1.82, 2.24) is 9.97 Å². The SMILES string of the molecule is Cc1nc(CS(C)(=O)=O)[nH]c(=O)c1C(=O)O. The van der Waals surface area contributed by atoms with Crippen molar-refractivity contribution in [2.24, 2.45) is 0 Å². The fourth-order valence-corrected chi connectivity index (χ4v) is 1.85. The number of hydrogen-bond acceptors (Lipinski definition) is 5. The molecule has 1 heterocycles. The molecule has 16 heavy (non-hydrogen) atoms. The van der Waals surface area contributed by atoms with E-state index in [0.717, 1.165) is 6.26 Å². The average Bonchev–Trinajstić information content (AvgIpc) is 1.96. The van der Waals surface area contributed by atoms with Gasteiger partial charge in [0.1, 0.15) is 17.1 Å². The molecule has 0 fully saturated rings. The second-order valence-electron chi connectivity index (χ2n) is 3.35. The number of carboxylic acids is 1. The Morgan fingerprint density at radius 3 is 2.44 bits per heavy atom. The summed E-state index contributed by atoms with van der Waals surface area (Å²) in [7, 11) is -3.32. The first kappa shape index (κ1) is 12.4. The highest BCUT2D eigenvalue weighted by Crippen LogP contribution is 2.01. The van der Waals surface area contributed by atoms with Gasteiger partial charge in [0.25, 0.3) is 5.56 Å². The van der Waals surface area contributed by atoms with Gasteiger partial charge in [-0.1, -0.05) is 0 Å². The van der Waals surface area contributed by atoms with Crippen LogP contribution < -0.4 is 5.56 Å². The van der Waals surface area contributed by atoms with E-state index in [1.54, 1.807) is 0 Å². The van der Waals surface area contributed by atoms with Crippen LogP contribution in [0.1, 0.15) is 21.9 Å². The number of hydrogen-bond donors (Lipinski definition) is 2. The van der Waals surface area contributed by atoms with Crippen LogP contribution in [-0.4, -0.2) is 35.7 Å². The van der Waals surface area contributed by atoms with Crippen LogP contribution in [0.3, 0.4) is 0 Å². The third-order valence-corrected chi connectivity index (χ3v) is 2.56. The van der Waals surface area contributed by atoms with E-state index in [1.807, 2.05) is 0 Å². The van der Waals surface area contributed by atoms with Crippen molar-refractivity contribution in [3.05, 3.63) is 27.4 Å². The van der Waals surface area contributed by atoms with Gasteiger partial charge in [-0.3, -0.25) is 4.79 Å². The summed E-state index contributed by atoms with van der Waals surface area (Å²) in [5, 5.41) is 8.69. The largest absolute Gasteiger partial charge is 0.477 e. The molecule has 0 saturated carbocycles. The number of aromatic carboxylic acids is 1. The topological polar surface area (TPSA) is 117 Å². The minimum Gasteiger partial charge on any atom is -0.477 e. The normalized spacial score (nSPS) is 11.4. The lowest BCUT2D eigenvalue weighted by Gasteiger charge is -2.02. The highest BCUT2D eigenvalue weighted by Gasteiger charge is 2.16. The van der Waals surface area contributed by atoms with Crippen molar-refractivity contribution < 1.29 is 18.3 Å². The summed E-state index contributed by atoms with van der Waals surface area (Å²) >= 11 is 0. The molecule has 7 nitrogen and oxygen atoms in total. The first-order valence-corrected chi connectivity index (χ1v) is 6.27. The van der Waals surface area contributed by atoms with Gasteiger partial charge in [-0.15, -0.1) is 0 Å². The van der Waals surface area contributed by atoms with Crippen molar-refractivity contribution in [2.45, 2.75) is 12.7 Å². The molecule has 0 saturated heterocycles. The Balaban J connectivity index is 3.31. The van der Waals surface area contributed by atoms with Gasteiger partial charge in [-0.2, -0.15) is 0 Å². The monoisotopic (exact) mass is 246 g/mol. The molecule has 0 aliphatic carbocycles. The second-order valence-corrected chi connectivity index (χ2v) is 5.49. The zero-order valence-electron chi connectivity index (χ0n) is 8.64. The number of aryl methyl sites for hydroxylation is 1. The van der Waals surface area contributed by atoms with Crippen LogP contribution in [0.15, 0.2) is 4.79 Å². The Hall–Kier alpha value is -1.70. The predicted molar refractivity (Wildman–Crippen MR) is 55.1 cm³/mol. The highest BCUT2D eigenvalue weighted by atomic mass is 32.2. The van der Waals surface area contributed by atoms with Crippen molar-refractivity contribution in [2.75, 3.05) is 6.26 Å². The van der Waals surface area contributed by atoms with Crippen LogP contribution in [0.25, 0.3) is 0 Å². The molecular formula is C8H10N2O5S. The number of nitrogens with zero attached hydrogens (tertiary/aromatic N) is 1. The summed E-state index contributed by atoms with van der Waals surface area (Å²) in [4.78, 5) is 27.8. The zero-order chi connectivity index (χ0) is 12.5. The van der Waals surface area contributed by atoms with Crippen molar-refractivity contribution in [3.63, 3.8) is 0 Å². The molecule has 1 aromatic heterocycles. The molecule has 0 spiro atoms. The maximum atomic E-state index is 11.3. The number of carboxylic acid groups (broad SMARTS) is 1. The molecule has 88 valence electrons. The van der Waals surface area contributed by atoms with E-state index in [9.17, 15) is 18.0 Å². The van der Waals surface area contributed by atoms with Crippen molar-refractivity contribution >= 4 is 15.8 Å². The number of sulfone groups is 1. The van der Waals surface area contributed by atoms with Gasteiger partial charge in [0.2, 0.25) is 0 Å². The van der Waals surface area contributed by atoms with E-state index in [2.05, 4.69) is 9.97 Å². The van der Waals surface area contributed by atoms with Crippen LogP contribution in [0.4, 0.5) is 0 Å². The van der Waals surface area contributed by atoms with Gasteiger partial charge < -0.3 is 10.1 Å². The number of aromatic nitrogens is 2. The number of aromatic amines is 1. The number of rotatable bonds is 3. The Bertz CT molecular complexity index is 587. The Morgan fingerprint density at radius 1 is 1.50 bits per heavy atom. The molecule has 0 aliphatic rings. The molecule has 1 aromatic rings.